The largest absolute Gasteiger partial charge is 0.324 e. The fraction of sp³-hybridized carbons (Fsp3) is 0.562. The molecule has 3 heteroatoms. The number of aromatic nitrogens is 2. The Hall–Kier alpha value is -1.35. The van der Waals surface area contributed by atoms with Gasteiger partial charge in [-0.1, -0.05) is 6.07 Å². The van der Waals surface area contributed by atoms with Crippen LogP contribution in [-0.2, 0) is 6.54 Å². The summed E-state index contributed by atoms with van der Waals surface area (Å²) in [5.74, 6) is 1.12. The quantitative estimate of drug-likeness (QED) is 0.908. The van der Waals surface area contributed by atoms with E-state index in [1.165, 1.54) is 11.1 Å². The van der Waals surface area contributed by atoms with Crippen molar-refractivity contribution in [1.29, 1.82) is 0 Å². The number of benzene rings is 1. The summed E-state index contributed by atoms with van der Waals surface area (Å²) in [5, 5.41) is 3.53. The zero-order valence-electron chi connectivity index (χ0n) is 12.9. The van der Waals surface area contributed by atoms with Crippen molar-refractivity contribution in [3.8, 4) is 0 Å². The van der Waals surface area contributed by atoms with E-state index in [0.29, 0.717) is 6.04 Å². The van der Waals surface area contributed by atoms with Gasteiger partial charge in [-0.25, -0.2) is 4.98 Å². The van der Waals surface area contributed by atoms with Crippen LogP contribution in [0.3, 0.4) is 0 Å². The average Bonchev–Trinajstić information content (AvgIpc) is 2.62. The number of nitrogens with zero attached hydrogens (tertiary/aromatic N) is 2. The molecule has 1 aromatic carbocycles. The number of imidazole rings is 1. The molecule has 0 saturated heterocycles. The van der Waals surface area contributed by atoms with Gasteiger partial charge in [0.05, 0.1) is 17.6 Å². The summed E-state index contributed by atoms with van der Waals surface area (Å²) >= 11 is 0. The van der Waals surface area contributed by atoms with E-state index in [1.54, 1.807) is 0 Å². The Bertz CT molecular complexity index is 573. The van der Waals surface area contributed by atoms with Gasteiger partial charge < -0.3 is 9.88 Å². The second-order valence-corrected chi connectivity index (χ2v) is 6.59. The van der Waals surface area contributed by atoms with E-state index < -0.39 is 0 Å². The van der Waals surface area contributed by atoms with Crippen LogP contribution in [0.2, 0.25) is 0 Å². The van der Waals surface area contributed by atoms with Crippen molar-refractivity contribution in [3.63, 3.8) is 0 Å². The van der Waals surface area contributed by atoms with E-state index in [4.69, 9.17) is 4.98 Å². The van der Waals surface area contributed by atoms with Gasteiger partial charge >= 0.3 is 0 Å². The van der Waals surface area contributed by atoms with Gasteiger partial charge in [0.15, 0.2) is 0 Å². The first kappa shape index (κ1) is 14.1. The summed E-state index contributed by atoms with van der Waals surface area (Å²) in [7, 11) is 0. The van der Waals surface area contributed by atoms with Crippen LogP contribution < -0.4 is 5.32 Å². The lowest BCUT2D eigenvalue weighted by molar-refractivity contribution is 0.408. The van der Waals surface area contributed by atoms with Gasteiger partial charge in [-0.05, 0) is 59.2 Å². The minimum Gasteiger partial charge on any atom is -0.324 e. The number of nitrogens with one attached hydrogen (secondary N) is 1. The van der Waals surface area contributed by atoms with E-state index in [-0.39, 0.29) is 5.54 Å². The highest BCUT2D eigenvalue weighted by Gasteiger charge is 2.15. The smallest absolute Gasteiger partial charge is 0.124 e. The molecule has 0 radical (unpaired) electrons. The maximum absolute atomic E-state index is 4.80. The Morgan fingerprint density at radius 1 is 1.26 bits per heavy atom. The van der Waals surface area contributed by atoms with E-state index in [1.807, 2.05) is 0 Å². The number of rotatable bonds is 3. The highest BCUT2D eigenvalue weighted by molar-refractivity contribution is 5.77. The zero-order valence-corrected chi connectivity index (χ0v) is 12.9. The molecule has 0 fully saturated rings. The first-order valence-electron chi connectivity index (χ1n) is 7.00. The van der Waals surface area contributed by atoms with Crippen molar-refractivity contribution in [2.45, 2.75) is 59.7 Å². The molecule has 0 aliphatic heterocycles. The first-order valence-corrected chi connectivity index (χ1v) is 7.00. The lowest BCUT2D eigenvalue weighted by atomic mass is 10.1. The third-order valence-electron chi connectivity index (χ3n) is 3.21. The van der Waals surface area contributed by atoms with Crippen LogP contribution in [0.4, 0.5) is 0 Å². The molecule has 104 valence electrons. The lowest BCUT2D eigenvalue weighted by Crippen LogP contribution is -2.36. The van der Waals surface area contributed by atoms with Gasteiger partial charge in [0.25, 0.3) is 0 Å². The van der Waals surface area contributed by atoms with Gasteiger partial charge in [0, 0.05) is 11.6 Å². The Labute approximate surface area is 116 Å². The first-order chi connectivity index (χ1) is 8.78. The molecule has 0 amide bonds. The summed E-state index contributed by atoms with van der Waals surface area (Å²) < 4.78 is 2.33. The molecular weight excluding hydrogens is 234 g/mol. The number of fused-ring (bicyclic) bond motifs is 1. The maximum atomic E-state index is 4.80. The Kier molecular flexibility index (Phi) is 3.68. The highest BCUT2D eigenvalue weighted by Crippen LogP contribution is 2.22. The molecule has 1 heterocycles. The molecule has 0 saturated carbocycles. The number of hydrogen-bond acceptors (Lipinski definition) is 2. The summed E-state index contributed by atoms with van der Waals surface area (Å²) in [6.07, 6.45) is 0. The Morgan fingerprint density at radius 3 is 2.53 bits per heavy atom. The molecule has 0 bridgehead atoms. The van der Waals surface area contributed by atoms with Crippen LogP contribution in [-0.4, -0.2) is 15.1 Å². The molecule has 0 aliphatic carbocycles. The predicted molar refractivity (Wildman–Crippen MR) is 81.4 cm³/mol. The van der Waals surface area contributed by atoms with Gasteiger partial charge in [0.1, 0.15) is 5.82 Å². The number of aryl methyl sites for hydroxylation is 1. The molecule has 0 spiro atoms. The molecule has 0 aliphatic rings. The predicted octanol–water partition coefficient (Wildman–Crippen LogP) is 3.81. The standard InChI is InChI=1S/C16H25N3/c1-11(2)19-14-8-7-12(3)9-13(14)18-15(19)10-17-16(4,5)6/h7-9,11,17H,10H2,1-6H3. The second kappa shape index (κ2) is 4.97. The van der Waals surface area contributed by atoms with Crippen LogP contribution in [0.15, 0.2) is 18.2 Å². The second-order valence-electron chi connectivity index (χ2n) is 6.59. The summed E-state index contributed by atoms with van der Waals surface area (Å²) in [4.78, 5) is 4.80. The molecule has 2 aromatic rings. The molecule has 0 unspecified atom stereocenters. The van der Waals surface area contributed by atoms with Crippen LogP contribution in [0.1, 0.15) is 52.0 Å². The third-order valence-corrected chi connectivity index (χ3v) is 3.21. The number of hydrogen-bond donors (Lipinski definition) is 1. The topological polar surface area (TPSA) is 29.9 Å². The van der Waals surface area contributed by atoms with Crippen LogP contribution in [0.5, 0.6) is 0 Å². The molecule has 1 aromatic heterocycles. The van der Waals surface area contributed by atoms with E-state index in [0.717, 1.165) is 17.9 Å². The van der Waals surface area contributed by atoms with Gasteiger partial charge in [-0.15, -0.1) is 0 Å². The van der Waals surface area contributed by atoms with Crippen molar-refractivity contribution >= 4 is 11.0 Å². The molecule has 0 atom stereocenters. The van der Waals surface area contributed by atoms with E-state index >= 15 is 0 Å². The van der Waals surface area contributed by atoms with Crippen molar-refractivity contribution in [2.24, 2.45) is 0 Å². The molecule has 2 rings (SSSR count). The maximum Gasteiger partial charge on any atom is 0.124 e. The SMILES string of the molecule is Cc1ccc2c(c1)nc(CNC(C)(C)C)n2C(C)C. The zero-order chi connectivity index (χ0) is 14.2. The highest BCUT2D eigenvalue weighted by atomic mass is 15.1. The monoisotopic (exact) mass is 259 g/mol. The average molecular weight is 259 g/mol. The Morgan fingerprint density at radius 2 is 1.95 bits per heavy atom. The minimum atomic E-state index is 0.107. The summed E-state index contributed by atoms with van der Waals surface area (Å²) in [6, 6.07) is 6.92. The van der Waals surface area contributed by atoms with Gasteiger partial charge in [0.2, 0.25) is 0 Å². The summed E-state index contributed by atoms with van der Waals surface area (Å²) in [6.45, 7) is 13.9. The lowest BCUT2D eigenvalue weighted by Gasteiger charge is -2.21. The van der Waals surface area contributed by atoms with Crippen LogP contribution >= 0.6 is 0 Å². The van der Waals surface area contributed by atoms with Crippen LogP contribution in [0.25, 0.3) is 11.0 Å². The third kappa shape index (κ3) is 3.16. The summed E-state index contributed by atoms with van der Waals surface area (Å²) in [5.41, 5.74) is 3.69. The van der Waals surface area contributed by atoms with Gasteiger partial charge in [-0.2, -0.15) is 0 Å². The van der Waals surface area contributed by atoms with E-state index in [9.17, 15) is 0 Å². The van der Waals surface area contributed by atoms with Crippen molar-refractivity contribution in [1.82, 2.24) is 14.9 Å². The molecule has 19 heavy (non-hydrogen) atoms. The Balaban J connectivity index is 2.44. The molecule has 3 nitrogen and oxygen atoms in total. The van der Waals surface area contributed by atoms with E-state index in [2.05, 4.69) is 69.6 Å². The van der Waals surface area contributed by atoms with Crippen molar-refractivity contribution < 1.29 is 0 Å². The van der Waals surface area contributed by atoms with Gasteiger partial charge in [-0.3, -0.25) is 0 Å². The fourth-order valence-corrected chi connectivity index (χ4v) is 2.30. The molecule has 1 N–H and O–H groups in total. The normalized spacial score (nSPS) is 12.6. The molecular formula is C16H25N3. The van der Waals surface area contributed by atoms with Crippen LogP contribution in [0, 0.1) is 6.92 Å². The van der Waals surface area contributed by atoms with Crippen molar-refractivity contribution in [3.05, 3.63) is 29.6 Å². The fourth-order valence-electron chi connectivity index (χ4n) is 2.30. The van der Waals surface area contributed by atoms with Crippen molar-refractivity contribution in [2.75, 3.05) is 0 Å². The minimum absolute atomic E-state index is 0.107.